The Kier molecular flexibility index (Phi) is 7.18. The maximum Gasteiger partial charge on any atom is 0.241 e. The van der Waals surface area contributed by atoms with Crippen molar-refractivity contribution in [2.45, 2.75) is 64.0 Å². The summed E-state index contributed by atoms with van der Waals surface area (Å²) in [7, 11) is 1.58. The molecule has 0 saturated heterocycles. The van der Waals surface area contributed by atoms with Crippen LogP contribution >= 0.6 is 11.6 Å². The Morgan fingerprint density at radius 1 is 1.22 bits per heavy atom. The first-order valence-corrected chi connectivity index (χ1v) is 8.88. The minimum Gasteiger partial charge on any atom is -0.495 e. The smallest absolute Gasteiger partial charge is 0.241 e. The van der Waals surface area contributed by atoms with Crippen LogP contribution in [0.1, 0.15) is 51.9 Å². The van der Waals surface area contributed by atoms with Gasteiger partial charge in [0.15, 0.2) is 0 Å². The van der Waals surface area contributed by atoms with E-state index in [1.165, 1.54) is 32.1 Å². The molecule has 0 aromatic heterocycles. The fourth-order valence-electron chi connectivity index (χ4n) is 3.07. The molecule has 1 aliphatic rings. The second-order valence-corrected chi connectivity index (χ2v) is 6.70. The highest BCUT2D eigenvalue weighted by Crippen LogP contribution is 2.27. The summed E-state index contributed by atoms with van der Waals surface area (Å²) in [6, 6.07) is 5.39. The number of benzene rings is 1. The lowest BCUT2D eigenvalue weighted by Gasteiger charge is -2.25. The predicted molar refractivity (Wildman–Crippen MR) is 95.3 cm³/mol. The van der Waals surface area contributed by atoms with E-state index in [1.807, 2.05) is 6.92 Å². The van der Waals surface area contributed by atoms with Crippen molar-refractivity contribution in [1.82, 2.24) is 5.32 Å². The second-order valence-electron chi connectivity index (χ2n) is 6.26. The van der Waals surface area contributed by atoms with Crippen molar-refractivity contribution in [2.75, 3.05) is 12.4 Å². The van der Waals surface area contributed by atoms with Crippen LogP contribution in [-0.2, 0) is 4.79 Å². The Hall–Kier alpha value is -1.26. The number of hydrogen-bond acceptors (Lipinski definition) is 3. The third-order valence-corrected chi connectivity index (χ3v) is 4.64. The van der Waals surface area contributed by atoms with Crippen molar-refractivity contribution in [1.29, 1.82) is 0 Å². The number of carbonyl (C=O) groups excluding carboxylic acids is 1. The molecule has 23 heavy (non-hydrogen) atoms. The number of hydrogen-bond donors (Lipinski definition) is 2. The summed E-state index contributed by atoms with van der Waals surface area (Å²) in [5.41, 5.74) is 0.608. The fourth-order valence-corrected chi connectivity index (χ4v) is 3.24. The van der Waals surface area contributed by atoms with Gasteiger partial charge >= 0.3 is 0 Å². The molecule has 0 bridgehead atoms. The van der Waals surface area contributed by atoms with Crippen molar-refractivity contribution in [3.63, 3.8) is 0 Å². The monoisotopic (exact) mass is 338 g/mol. The molecule has 1 fully saturated rings. The minimum atomic E-state index is -0.247. The van der Waals surface area contributed by atoms with Crippen LogP contribution in [0.5, 0.6) is 5.75 Å². The van der Waals surface area contributed by atoms with E-state index >= 15 is 0 Å². The van der Waals surface area contributed by atoms with Crippen LogP contribution in [0.25, 0.3) is 0 Å². The van der Waals surface area contributed by atoms with E-state index in [4.69, 9.17) is 16.3 Å². The maximum atomic E-state index is 12.4. The SMILES string of the molecule is COc1ccc(Cl)cc1NC(=O)[C@H](C)NC1CCCCCCC1. The van der Waals surface area contributed by atoms with Gasteiger partial charge < -0.3 is 15.4 Å². The molecule has 1 aromatic rings. The molecule has 1 aliphatic carbocycles. The molecule has 0 aliphatic heterocycles. The second kappa shape index (κ2) is 9.14. The molecular formula is C18H27ClN2O2. The molecule has 2 N–H and O–H groups in total. The number of nitrogens with one attached hydrogen (secondary N) is 2. The highest BCUT2D eigenvalue weighted by molar-refractivity contribution is 6.31. The average molecular weight is 339 g/mol. The van der Waals surface area contributed by atoms with Crippen molar-refractivity contribution < 1.29 is 9.53 Å². The van der Waals surface area contributed by atoms with Gasteiger partial charge in [-0.05, 0) is 38.0 Å². The number of rotatable bonds is 5. The summed E-state index contributed by atoms with van der Waals surface area (Å²) in [5, 5.41) is 6.95. The number of halogens is 1. The molecule has 1 saturated carbocycles. The highest BCUT2D eigenvalue weighted by Gasteiger charge is 2.19. The lowest BCUT2D eigenvalue weighted by molar-refractivity contribution is -0.118. The van der Waals surface area contributed by atoms with E-state index in [9.17, 15) is 4.79 Å². The number of amides is 1. The first-order valence-electron chi connectivity index (χ1n) is 8.50. The van der Waals surface area contributed by atoms with Crippen molar-refractivity contribution in [2.24, 2.45) is 0 Å². The van der Waals surface area contributed by atoms with Crippen LogP contribution in [0.3, 0.4) is 0 Å². The number of carbonyl (C=O) groups is 1. The molecule has 4 nitrogen and oxygen atoms in total. The lowest BCUT2D eigenvalue weighted by atomic mass is 9.96. The molecule has 0 unspecified atom stereocenters. The summed E-state index contributed by atoms with van der Waals surface area (Å²) in [6.45, 7) is 1.91. The highest BCUT2D eigenvalue weighted by atomic mass is 35.5. The molecule has 5 heteroatoms. The zero-order valence-electron chi connectivity index (χ0n) is 14.0. The number of ether oxygens (including phenoxy) is 1. The van der Waals surface area contributed by atoms with Crippen molar-refractivity contribution in [3.8, 4) is 5.75 Å². The van der Waals surface area contributed by atoms with Gasteiger partial charge in [-0.25, -0.2) is 0 Å². The van der Waals surface area contributed by atoms with Crippen LogP contribution in [0.15, 0.2) is 18.2 Å². The third kappa shape index (κ3) is 5.70. The van der Waals surface area contributed by atoms with Crippen LogP contribution in [0, 0.1) is 0 Å². The van der Waals surface area contributed by atoms with E-state index in [1.54, 1.807) is 25.3 Å². The average Bonchev–Trinajstić information content (AvgIpc) is 2.50. The molecule has 128 valence electrons. The Balaban J connectivity index is 1.92. The van der Waals surface area contributed by atoms with Gasteiger partial charge in [-0.15, -0.1) is 0 Å². The lowest BCUT2D eigenvalue weighted by Crippen LogP contribution is -2.44. The Labute approximate surface area is 143 Å². The third-order valence-electron chi connectivity index (χ3n) is 4.40. The molecule has 2 rings (SSSR count). The fraction of sp³-hybridized carbons (Fsp3) is 0.611. The van der Waals surface area contributed by atoms with Gasteiger partial charge in [-0.1, -0.05) is 43.7 Å². The molecular weight excluding hydrogens is 312 g/mol. The van der Waals surface area contributed by atoms with E-state index in [-0.39, 0.29) is 11.9 Å². The summed E-state index contributed by atoms with van der Waals surface area (Å²) in [4.78, 5) is 12.4. The number of anilines is 1. The predicted octanol–water partition coefficient (Wildman–Crippen LogP) is 4.38. The van der Waals surface area contributed by atoms with E-state index in [0.29, 0.717) is 22.5 Å². The molecule has 0 radical (unpaired) electrons. The van der Waals surface area contributed by atoms with Crippen LogP contribution in [-0.4, -0.2) is 25.1 Å². The van der Waals surface area contributed by atoms with Gasteiger partial charge in [-0.3, -0.25) is 4.79 Å². The van der Waals surface area contributed by atoms with Crippen LogP contribution in [0.4, 0.5) is 5.69 Å². The van der Waals surface area contributed by atoms with Gasteiger partial charge in [0.05, 0.1) is 18.8 Å². The van der Waals surface area contributed by atoms with Gasteiger partial charge in [0.1, 0.15) is 5.75 Å². The van der Waals surface area contributed by atoms with Gasteiger partial charge in [0.25, 0.3) is 0 Å². The molecule has 0 heterocycles. The number of methoxy groups -OCH3 is 1. The Morgan fingerprint density at radius 3 is 2.52 bits per heavy atom. The van der Waals surface area contributed by atoms with Crippen LogP contribution < -0.4 is 15.4 Å². The first-order chi connectivity index (χ1) is 11.1. The molecule has 1 atom stereocenters. The largest absolute Gasteiger partial charge is 0.495 e. The molecule has 1 amide bonds. The topological polar surface area (TPSA) is 50.4 Å². The van der Waals surface area contributed by atoms with Crippen LogP contribution in [0.2, 0.25) is 5.02 Å². The van der Waals surface area contributed by atoms with Gasteiger partial charge in [0, 0.05) is 11.1 Å². The van der Waals surface area contributed by atoms with Gasteiger partial charge in [-0.2, -0.15) is 0 Å². The minimum absolute atomic E-state index is 0.0624. The summed E-state index contributed by atoms with van der Waals surface area (Å²) in [6.07, 6.45) is 8.74. The quantitative estimate of drug-likeness (QED) is 0.837. The molecule has 0 spiro atoms. The Bertz CT molecular complexity index is 514. The van der Waals surface area contributed by atoms with E-state index in [2.05, 4.69) is 10.6 Å². The maximum absolute atomic E-state index is 12.4. The van der Waals surface area contributed by atoms with E-state index in [0.717, 1.165) is 12.8 Å². The Morgan fingerprint density at radius 2 is 1.87 bits per heavy atom. The zero-order chi connectivity index (χ0) is 16.7. The summed E-state index contributed by atoms with van der Waals surface area (Å²) in [5.74, 6) is 0.550. The standard InChI is InChI=1S/C18H27ClN2O2/c1-13(20-15-8-6-4-3-5-7-9-15)18(22)21-16-12-14(19)10-11-17(16)23-2/h10-13,15,20H,3-9H2,1-2H3,(H,21,22)/t13-/m0/s1. The summed E-state index contributed by atoms with van der Waals surface area (Å²) < 4.78 is 5.27. The summed E-state index contributed by atoms with van der Waals surface area (Å²) >= 11 is 6.00. The molecule has 1 aromatic carbocycles. The normalized spacial score (nSPS) is 17.9. The zero-order valence-corrected chi connectivity index (χ0v) is 14.8. The van der Waals surface area contributed by atoms with E-state index < -0.39 is 0 Å². The van der Waals surface area contributed by atoms with Gasteiger partial charge in [0.2, 0.25) is 5.91 Å². The van der Waals surface area contributed by atoms with Crippen molar-refractivity contribution >= 4 is 23.2 Å². The first kappa shape index (κ1) is 18.1. The van der Waals surface area contributed by atoms with Crippen molar-refractivity contribution in [3.05, 3.63) is 23.2 Å².